The van der Waals surface area contributed by atoms with E-state index in [4.69, 9.17) is 21.1 Å². The molecule has 1 aliphatic rings. The highest BCUT2D eigenvalue weighted by Gasteiger charge is 2.37. The summed E-state index contributed by atoms with van der Waals surface area (Å²) in [5, 5.41) is 16.0. The predicted molar refractivity (Wildman–Crippen MR) is 150 cm³/mol. The average molecular weight is 579 g/mol. The smallest absolute Gasteiger partial charge is 0.335 e. The largest absolute Gasteiger partial charge is 0.490 e. The number of nitro benzene ring substituents is 1. The number of benzene rings is 3. The van der Waals surface area contributed by atoms with Crippen molar-refractivity contribution in [3.8, 4) is 11.5 Å². The van der Waals surface area contributed by atoms with Crippen molar-refractivity contribution in [1.29, 1.82) is 0 Å². The number of nitrogens with zero attached hydrogens (tertiary/aromatic N) is 2. The first-order valence-electron chi connectivity index (χ1n) is 12.2. The van der Waals surface area contributed by atoms with Gasteiger partial charge in [0.05, 0.1) is 22.2 Å². The third-order valence-corrected chi connectivity index (χ3v) is 6.09. The molecule has 5 amide bonds. The summed E-state index contributed by atoms with van der Waals surface area (Å²) in [5.74, 6) is -2.18. The van der Waals surface area contributed by atoms with Crippen LogP contribution in [0.2, 0.25) is 5.02 Å². The van der Waals surface area contributed by atoms with Gasteiger partial charge in [-0.25, -0.2) is 9.69 Å². The maximum absolute atomic E-state index is 13.2. The maximum atomic E-state index is 13.2. The summed E-state index contributed by atoms with van der Waals surface area (Å²) in [7, 11) is 0. The molecule has 1 fully saturated rings. The highest BCUT2D eigenvalue weighted by molar-refractivity contribution is 6.39. The summed E-state index contributed by atoms with van der Waals surface area (Å²) in [5.41, 5.74) is 0.885. The van der Waals surface area contributed by atoms with E-state index in [1.165, 1.54) is 36.4 Å². The number of barbiturate groups is 1. The fourth-order valence-corrected chi connectivity index (χ4v) is 4.19. The molecule has 0 unspecified atom stereocenters. The van der Waals surface area contributed by atoms with Crippen LogP contribution in [0.5, 0.6) is 11.5 Å². The van der Waals surface area contributed by atoms with Crippen LogP contribution in [0.25, 0.3) is 6.08 Å². The first kappa shape index (κ1) is 28.8. The van der Waals surface area contributed by atoms with E-state index >= 15 is 0 Å². The van der Waals surface area contributed by atoms with Crippen LogP contribution in [0.15, 0.2) is 66.2 Å². The number of rotatable bonds is 9. The van der Waals surface area contributed by atoms with Crippen LogP contribution >= 0.6 is 11.6 Å². The quantitative estimate of drug-likeness (QED) is 0.161. The molecule has 0 spiro atoms. The predicted octanol–water partition coefficient (Wildman–Crippen LogP) is 4.64. The molecule has 0 saturated carbocycles. The van der Waals surface area contributed by atoms with E-state index in [-0.39, 0.29) is 46.7 Å². The van der Waals surface area contributed by atoms with Gasteiger partial charge in [-0.3, -0.25) is 29.8 Å². The van der Waals surface area contributed by atoms with Crippen molar-refractivity contribution in [3.63, 3.8) is 0 Å². The Labute approximate surface area is 238 Å². The van der Waals surface area contributed by atoms with Crippen molar-refractivity contribution in [2.24, 2.45) is 0 Å². The Bertz CT molecular complexity index is 1600. The Balaban J connectivity index is 1.60. The minimum Gasteiger partial charge on any atom is -0.490 e. The molecular weight excluding hydrogens is 556 g/mol. The number of amides is 5. The first-order valence-corrected chi connectivity index (χ1v) is 12.6. The molecule has 3 aromatic carbocycles. The minimum absolute atomic E-state index is 0.0294. The van der Waals surface area contributed by atoms with E-state index in [0.717, 1.165) is 11.6 Å². The van der Waals surface area contributed by atoms with Gasteiger partial charge in [0.15, 0.2) is 18.1 Å². The molecule has 210 valence electrons. The highest BCUT2D eigenvalue weighted by Crippen LogP contribution is 2.38. The number of halogens is 1. The fourth-order valence-electron chi connectivity index (χ4n) is 3.92. The molecular formula is C28H23ClN4O8. The van der Waals surface area contributed by atoms with Gasteiger partial charge in [-0.15, -0.1) is 0 Å². The average Bonchev–Trinajstić information content (AvgIpc) is 2.92. The van der Waals surface area contributed by atoms with Gasteiger partial charge in [0.1, 0.15) is 5.57 Å². The number of imide groups is 2. The maximum Gasteiger partial charge on any atom is 0.335 e. The van der Waals surface area contributed by atoms with Gasteiger partial charge in [-0.05, 0) is 55.3 Å². The highest BCUT2D eigenvalue weighted by atomic mass is 35.5. The Kier molecular flexibility index (Phi) is 8.63. The van der Waals surface area contributed by atoms with Gasteiger partial charge in [0, 0.05) is 17.8 Å². The number of nitro groups is 1. The second-order valence-electron chi connectivity index (χ2n) is 8.65. The lowest BCUT2D eigenvalue weighted by Crippen LogP contribution is -2.54. The summed E-state index contributed by atoms with van der Waals surface area (Å²) in [6.45, 7) is 3.39. The zero-order valence-corrected chi connectivity index (χ0v) is 22.6. The number of non-ortho nitro benzene ring substituents is 1. The van der Waals surface area contributed by atoms with Gasteiger partial charge >= 0.3 is 6.03 Å². The fraction of sp³-hybridized carbons (Fsp3) is 0.143. The minimum atomic E-state index is -1.06. The van der Waals surface area contributed by atoms with Gasteiger partial charge in [-0.1, -0.05) is 35.9 Å². The van der Waals surface area contributed by atoms with E-state index in [9.17, 15) is 29.3 Å². The molecule has 12 nitrogen and oxygen atoms in total. The lowest BCUT2D eigenvalue weighted by molar-refractivity contribution is -0.384. The van der Waals surface area contributed by atoms with Gasteiger partial charge in [0.2, 0.25) is 0 Å². The van der Waals surface area contributed by atoms with E-state index in [1.807, 2.05) is 19.1 Å². The van der Waals surface area contributed by atoms with Crippen molar-refractivity contribution in [3.05, 3.63) is 92.5 Å². The van der Waals surface area contributed by atoms with Crippen LogP contribution < -0.4 is 25.0 Å². The topological polar surface area (TPSA) is 157 Å². The molecule has 2 N–H and O–H groups in total. The Morgan fingerprint density at radius 2 is 1.85 bits per heavy atom. The van der Waals surface area contributed by atoms with Gasteiger partial charge in [0.25, 0.3) is 23.4 Å². The van der Waals surface area contributed by atoms with Crippen molar-refractivity contribution in [1.82, 2.24) is 5.32 Å². The van der Waals surface area contributed by atoms with Crippen LogP contribution in [0.1, 0.15) is 18.1 Å². The van der Waals surface area contributed by atoms with Crippen LogP contribution in [0, 0.1) is 17.0 Å². The first-order chi connectivity index (χ1) is 19.6. The summed E-state index contributed by atoms with van der Waals surface area (Å²) < 4.78 is 11.3. The number of ether oxygens (including phenoxy) is 2. The number of hydrogen-bond acceptors (Lipinski definition) is 8. The summed E-state index contributed by atoms with van der Waals surface area (Å²) in [4.78, 5) is 61.9. The number of nitrogens with one attached hydrogen (secondary N) is 2. The SMILES string of the molecule is CCOc1cc(/C=C2/C(=O)NC(=O)N(c3cccc([N+](=O)[O-])c3)C2=O)cc(Cl)c1OCC(=O)Nc1ccccc1C. The third-order valence-electron chi connectivity index (χ3n) is 5.81. The number of carbonyl (C=O) groups excluding carboxylic acids is 4. The molecule has 0 aromatic heterocycles. The van der Waals surface area contributed by atoms with Crippen LogP contribution in [0.3, 0.4) is 0 Å². The van der Waals surface area contributed by atoms with E-state index in [0.29, 0.717) is 10.6 Å². The zero-order chi connectivity index (χ0) is 29.7. The van der Waals surface area contributed by atoms with Gasteiger partial charge in [-0.2, -0.15) is 0 Å². The Morgan fingerprint density at radius 3 is 2.56 bits per heavy atom. The van der Waals surface area contributed by atoms with Crippen LogP contribution in [-0.4, -0.2) is 41.9 Å². The molecule has 1 aliphatic heterocycles. The molecule has 3 aromatic rings. The second kappa shape index (κ2) is 12.3. The van der Waals surface area contributed by atoms with Crippen molar-refractivity contribution >= 4 is 58.5 Å². The molecule has 1 heterocycles. The zero-order valence-electron chi connectivity index (χ0n) is 21.8. The normalized spacial score (nSPS) is 14.1. The number of carbonyl (C=O) groups is 4. The standard InChI is InChI=1S/C28H23ClN4O8/c1-3-40-23-13-17(12-21(29)25(23)41-15-24(34)30-22-10-5-4-7-16(22)2)11-20-26(35)31-28(37)32(27(20)36)18-8-6-9-19(14-18)33(38)39/h4-14H,3,15H2,1-2H3,(H,30,34)(H,31,35,37)/b20-11-. The molecule has 13 heteroatoms. The summed E-state index contributed by atoms with van der Waals surface area (Å²) >= 11 is 6.44. The molecule has 0 bridgehead atoms. The summed E-state index contributed by atoms with van der Waals surface area (Å²) in [6.07, 6.45) is 1.19. The number of urea groups is 1. The van der Waals surface area contributed by atoms with Crippen molar-refractivity contribution < 1.29 is 33.6 Å². The van der Waals surface area contributed by atoms with Crippen molar-refractivity contribution in [2.75, 3.05) is 23.4 Å². The molecule has 0 radical (unpaired) electrons. The molecule has 0 atom stereocenters. The molecule has 1 saturated heterocycles. The monoisotopic (exact) mass is 578 g/mol. The van der Waals surface area contributed by atoms with Crippen LogP contribution in [0.4, 0.5) is 21.9 Å². The molecule has 4 rings (SSSR count). The van der Waals surface area contributed by atoms with E-state index in [2.05, 4.69) is 10.6 Å². The number of aryl methyl sites for hydroxylation is 1. The van der Waals surface area contributed by atoms with E-state index in [1.54, 1.807) is 19.1 Å². The second-order valence-corrected chi connectivity index (χ2v) is 9.06. The number of anilines is 2. The Hall–Kier alpha value is -5.23. The van der Waals surface area contributed by atoms with Crippen molar-refractivity contribution in [2.45, 2.75) is 13.8 Å². The lowest BCUT2D eigenvalue weighted by Gasteiger charge is -2.26. The van der Waals surface area contributed by atoms with Crippen LogP contribution in [-0.2, 0) is 14.4 Å². The summed E-state index contributed by atoms with van der Waals surface area (Å²) in [6, 6.07) is 13.9. The lowest BCUT2D eigenvalue weighted by atomic mass is 10.1. The number of hydrogen-bond donors (Lipinski definition) is 2. The third kappa shape index (κ3) is 6.50. The molecule has 41 heavy (non-hydrogen) atoms. The molecule has 0 aliphatic carbocycles. The number of para-hydroxylation sites is 1. The van der Waals surface area contributed by atoms with E-state index < -0.39 is 34.2 Å². The van der Waals surface area contributed by atoms with Gasteiger partial charge < -0.3 is 14.8 Å². The Morgan fingerprint density at radius 1 is 1.10 bits per heavy atom.